The van der Waals surface area contributed by atoms with E-state index in [9.17, 15) is 9.59 Å². The van der Waals surface area contributed by atoms with Crippen LogP contribution < -0.4 is 11.1 Å². The van der Waals surface area contributed by atoms with Gasteiger partial charge in [-0.2, -0.15) is 0 Å². The Morgan fingerprint density at radius 2 is 1.67 bits per heavy atom. The Morgan fingerprint density at radius 1 is 1.05 bits per heavy atom. The third-order valence-corrected chi connectivity index (χ3v) is 3.40. The molecule has 21 heavy (non-hydrogen) atoms. The molecule has 0 unspecified atom stereocenters. The van der Waals surface area contributed by atoms with Crippen LogP contribution in [0.25, 0.3) is 0 Å². The van der Waals surface area contributed by atoms with Crippen molar-refractivity contribution in [2.24, 2.45) is 5.73 Å². The lowest BCUT2D eigenvalue weighted by Crippen LogP contribution is -2.38. The van der Waals surface area contributed by atoms with E-state index < -0.39 is 11.9 Å². The summed E-state index contributed by atoms with van der Waals surface area (Å²) in [6.07, 6.45) is 0.0935. The van der Waals surface area contributed by atoms with Crippen molar-refractivity contribution in [2.75, 3.05) is 0 Å². The van der Waals surface area contributed by atoms with E-state index in [1.54, 1.807) is 48.5 Å². The van der Waals surface area contributed by atoms with Crippen LogP contribution in [0.1, 0.15) is 17.2 Å². The van der Waals surface area contributed by atoms with E-state index in [4.69, 9.17) is 17.3 Å². The zero-order chi connectivity index (χ0) is 15.2. The second kappa shape index (κ2) is 6.90. The summed E-state index contributed by atoms with van der Waals surface area (Å²) in [7, 11) is 0. The summed E-state index contributed by atoms with van der Waals surface area (Å²) >= 11 is 6.01. The van der Waals surface area contributed by atoms with Crippen LogP contribution in [-0.2, 0) is 16.0 Å². The van der Waals surface area contributed by atoms with E-state index in [-0.39, 0.29) is 12.3 Å². The molecule has 0 heterocycles. The maximum atomic E-state index is 12.1. The third kappa shape index (κ3) is 4.07. The molecule has 3 N–H and O–H groups in total. The average Bonchev–Trinajstić information content (AvgIpc) is 2.48. The van der Waals surface area contributed by atoms with Gasteiger partial charge < -0.3 is 11.1 Å². The number of primary amides is 1. The number of carbonyl (C=O) groups is 2. The average molecular weight is 303 g/mol. The first kappa shape index (κ1) is 15.1. The minimum Gasteiger partial charge on any atom is -0.368 e. The smallest absolute Gasteiger partial charge is 0.244 e. The van der Waals surface area contributed by atoms with Crippen molar-refractivity contribution in [2.45, 2.75) is 12.5 Å². The fourth-order valence-electron chi connectivity index (χ4n) is 1.99. The first-order chi connectivity index (χ1) is 10.1. The van der Waals surface area contributed by atoms with E-state index in [2.05, 4.69) is 5.32 Å². The molecule has 0 radical (unpaired) electrons. The predicted molar refractivity (Wildman–Crippen MR) is 81.7 cm³/mol. The Balaban J connectivity index is 2.10. The highest BCUT2D eigenvalue weighted by molar-refractivity contribution is 6.31. The van der Waals surface area contributed by atoms with Crippen LogP contribution in [0.5, 0.6) is 0 Å². The van der Waals surface area contributed by atoms with Gasteiger partial charge >= 0.3 is 0 Å². The number of rotatable bonds is 5. The Bertz CT molecular complexity index is 644. The van der Waals surface area contributed by atoms with Crippen molar-refractivity contribution in [1.29, 1.82) is 0 Å². The van der Waals surface area contributed by atoms with Crippen LogP contribution >= 0.6 is 11.6 Å². The van der Waals surface area contributed by atoms with Crippen LogP contribution in [0.3, 0.4) is 0 Å². The summed E-state index contributed by atoms with van der Waals surface area (Å²) in [5, 5.41) is 3.15. The van der Waals surface area contributed by atoms with E-state index in [1.807, 2.05) is 6.07 Å². The molecule has 0 saturated heterocycles. The number of hydrogen-bond acceptors (Lipinski definition) is 2. The van der Waals surface area contributed by atoms with Crippen molar-refractivity contribution in [3.63, 3.8) is 0 Å². The lowest BCUT2D eigenvalue weighted by atomic mass is 10.1. The Hall–Kier alpha value is -2.33. The molecule has 5 heteroatoms. The van der Waals surface area contributed by atoms with Crippen molar-refractivity contribution < 1.29 is 9.59 Å². The van der Waals surface area contributed by atoms with Gasteiger partial charge in [-0.1, -0.05) is 60.1 Å². The molecule has 1 atom stereocenters. The number of hydrogen-bond donors (Lipinski definition) is 2. The minimum absolute atomic E-state index is 0.0935. The zero-order valence-electron chi connectivity index (χ0n) is 11.3. The number of carbonyl (C=O) groups excluding carboxylic acids is 2. The van der Waals surface area contributed by atoms with Crippen LogP contribution in [0.15, 0.2) is 54.6 Å². The molecule has 108 valence electrons. The highest BCUT2D eigenvalue weighted by atomic mass is 35.5. The number of benzene rings is 2. The van der Waals surface area contributed by atoms with Crippen molar-refractivity contribution in [3.05, 3.63) is 70.7 Å². The quantitative estimate of drug-likeness (QED) is 0.889. The predicted octanol–water partition coefficient (Wildman–Crippen LogP) is 2.23. The summed E-state index contributed by atoms with van der Waals surface area (Å²) in [5.41, 5.74) is 6.71. The van der Waals surface area contributed by atoms with Gasteiger partial charge in [0.25, 0.3) is 0 Å². The second-order valence-electron chi connectivity index (χ2n) is 4.58. The Kier molecular flexibility index (Phi) is 4.95. The molecule has 2 amide bonds. The third-order valence-electron chi connectivity index (χ3n) is 3.03. The molecule has 2 rings (SSSR count). The van der Waals surface area contributed by atoms with E-state index in [0.29, 0.717) is 16.1 Å². The van der Waals surface area contributed by atoms with Crippen molar-refractivity contribution in [3.8, 4) is 0 Å². The van der Waals surface area contributed by atoms with Gasteiger partial charge in [-0.25, -0.2) is 0 Å². The normalized spacial score (nSPS) is 11.7. The molecule has 4 nitrogen and oxygen atoms in total. The summed E-state index contributed by atoms with van der Waals surface area (Å²) in [6.45, 7) is 0. The number of nitrogens with two attached hydrogens (primary N) is 1. The zero-order valence-corrected chi connectivity index (χ0v) is 12.0. The molecule has 0 aliphatic rings. The number of nitrogens with one attached hydrogen (secondary N) is 1. The van der Waals surface area contributed by atoms with Gasteiger partial charge in [0.2, 0.25) is 11.8 Å². The molecule has 2 aromatic rings. The molecule has 0 aromatic heterocycles. The highest BCUT2D eigenvalue weighted by Gasteiger charge is 2.20. The van der Waals surface area contributed by atoms with Crippen LogP contribution in [0.2, 0.25) is 5.02 Å². The highest BCUT2D eigenvalue weighted by Crippen LogP contribution is 2.17. The van der Waals surface area contributed by atoms with E-state index in [1.165, 1.54) is 0 Å². The molecule has 2 aromatic carbocycles. The fourth-order valence-corrected chi connectivity index (χ4v) is 2.19. The van der Waals surface area contributed by atoms with Gasteiger partial charge in [0.05, 0.1) is 6.42 Å². The van der Waals surface area contributed by atoms with Gasteiger partial charge in [0, 0.05) is 5.02 Å². The van der Waals surface area contributed by atoms with Gasteiger partial charge in [-0.3, -0.25) is 9.59 Å². The van der Waals surface area contributed by atoms with Gasteiger partial charge in [-0.05, 0) is 17.2 Å². The lowest BCUT2D eigenvalue weighted by molar-refractivity contribution is -0.127. The molecule has 0 saturated carbocycles. The monoisotopic (exact) mass is 302 g/mol. The van der Waals surface area contributed by atoms with Crippen LogP contribution in [0.4, 0.5) is 0 Å². The molecule has 0 aliphatic carbocycles. The molecule has 0 spiro atoms. The maximum absolute atomic E-state index is 12.1. The summed E-state index contributed by atoms with van der Waals surface area (Å²) < 4.78 is 0. The number of halogens is 1. The summed E-state index contributed by atoms with van der Waals surface area (Å²) in [5.74, 6) is -0.913. The SMILES string of the molecule is NC(=O)[C@@H](NC(=O)Cc1ccccc1Cl)c1ccccc1. The first-order valence-electron chi connectivity index (χ1n) is 6.45. The summed E-state index contributed by atoms with van der Waals surface area (Å²) in [4.78, 5) is 23.6. The second-order valence-corrected chi connectivity index (χ2v) is 4.99. The molecular weight excluding hydrogens is 288 g/mol. The molecule has 0 bridgehead atoms. The van der Waals surface area contributed by atoms with E-state index >= 15 is 0 Å². The van der Waals surface area contributed by atoms with Crippen LogP contribution in [0, 0.1) is 0 Å². The van der Waals surface area contributed by atoms with Gasteiger partial charge in [0.15, 0.2) is 0 Å². The van der Waals surface area contributed by atoms with Crippen molar-refractivity contribution >= 4 is 23.4 Å². The standard InChI is InChI=1S/C16H15ClN2O2/c17-13-9-5-4-8-12(13)10-14(20)19-15(16(18)21)11-6-2-1-3-7-11/h1-9,15H,10H2,(H2,18,21)(H,19,20)/t15-/m0/s1. The summed E-state index contributed by atoms with van der Waals surface area (Å²) in [6, 6.07) is 15.1. The largest absolute Gasteiger partial charge is 0.368 e. The number of amides is 2. The molecule has 0 fully saturated rings. The molecular formula is C16H15ClN2O2. The topological polar surface area (TPSA) is 72.2 Å². The maximum Gasteiger partial charge on any atom is 0.244 e. The van der Waals surface area contributed by atoms with Gasteiger partial charge in [-0.15, -0.1) is 0 Å². The lowest BCUT2D eigenvalue weighted by Gasteiger charge is -2.16. The fraction of sp³-hybridized carbons (Fsp3) is 0.125. The van der Waals surface area contributed by atoms with Crippen LogP contribution in [-0.4, -0.2) is 11.8 Å². The minimum atomic E-state index is -0.846. The first-order valence-corrected chi connectivity index (χ1v) is 6.83. The Labute approximate surface area is 127 Å². The van der Waals surface area contributed by atoms with Crippen molar-refractivity contribution in [1.82, 2.24) is 5.32 Å². The Morgan fingerprint density at radius 3 is 2.29 bits per heavy atom. The van der Waals surface area contributed by atoms with Gasteiger partial charge in [0.1, 0.15) is 6.04 Å². The molecule has 0 aliphatic heterocycles. The van der Waals surface area contributed by atoms with E-state index in [0.717, 1.165) is 0 Å².